The summed E-state index contributed by atoms with van der Waals surface area (Å²) in [6.45, 7) is 4.08. The van der Waals surface area contributed by atoms with Crippen LogP contribution in [0.3, 0.4) is 0 Å². The van der Waals surface area contributed by atoms with Crippen LogP contribution in [-0.4, -0.2) is 17.0 Å². The molecule has 0 radical (unpaired) electrons. The number of hydrogen-bond donors (Lipinski definition) is 2. The molecule has 0 saturated heterocycles. The van der Waals surface area contributed by atoms with Gasteiger partial charge >= 0.3 is 5.97 Å². The van der Waals surface area contributed by atoms with Crippen molar-refractivity contribution < 1.29 is 14.7 Å². The highest BCUT2D eigenvalue weighted by atomic mass is 16.4. The highest BCUT2D eigenvalue weighted by Gasteiger charge is 2.18. The Bertz CT molecular complexity index is 712. The van der Waals surface area contributed by atoms with Crippen molar-refractivity contribution >= 4 is 11.9 Å². The van der Waals surface area contributed by atoms with Crippen LogP contribution in [0.25, 0.3) is 0 Å². The Morgan fingerprint density at radius 2 is 1.68 bits per heavy atom. The standard InChI is InChI=1S/C21H25NO3/c1-15-8-6-7-11-18(15)16(2)14-20(23)22-19(12-13-21(24)25)17-9-4-3-5-10-17/h3-11,16,19H,12-14H2,1-2H3,(H,22,23)(H,24,25). The largest absolute Gasteiger partial charge is 0.481 e. The molecule has 2 unspecified atom stereocenters. The number of benzene rings is 2. The van der Waals surface area contributed by atoms with Crippen molar-refractivity contribution in [3.8, 4) is 0 Å². The van der Waals surface area contributed by atoms with Gasteiger partial charge in [0.15, 0.2) is 0 Å². The molecule has 0 fully saturated rings. The summed E-state index contributed by atoms with van der Waals surface area (Å²) in [7, 11) is 0. The van der Waals surface area contributed by atoms with Gasteiger partial charge in [-0.3, -0.25) is 9.59 Å². The van der Waals surface area contributed by atoms with E-state index >= 15 is 0 Å². The number of rotatable bonds is 8. The number of nitrogens with one attached hydrogen (secondary N) is 1. The molecule has 0 saturated carbocycles. The van der Waals surface area contributed by atoms with Crippen LogP contribution < -0.4 is 5.32 Å². The van der Waals surface area contributed by atoms with Crippen molar-refractivity contribution in [2.24, 2.45) is 0 Å². The van der Waals surface area contributed by atoms with Crippen LogP contribution >= 0.6 is 0 Å². The van der Waals surface area contributed by atoms with Gasteiger partial charge in [0.2, 0.25) is 5.91 Å². The average molecular weight is 339 g/mol. The van der Waals surface area contributed by atoms with E-state index in [1.165, 1.54) is 11.1 Å². The molecule has 25 heavy (non-hydrogen) atoms. The summed E-state index contributed by atoms with van der Waals surface area (Å²) in [6, 6.07) is 17.3. The van der Waals surface area contributed by atoms with Gasteiger partial charge in [-0.15, -0.1) is 0 Å². The van der Waals surface area contributed by atoms with E-state index in [0.29, 0.717) is 12.8 Å². The maximum absolute atomic E-state index is 12.5. The number of carboxylic acids is 1. The smallest absolute Gasteiger partial charge is 0.303 e. The van der Waals surface area contributed by atoms with Crippen LogP contribution in [0, 0.1) is 6.92 Å². The molecule has 2 N–H and O–H groups in total. The van der Waals surface area contributed by atoms with Gasteiger partial charge in [0, 0.05) is 12.8 Å². The second kappa shape index (κ2) is 9.02. The van der Waals surface area contributed by atoms with E-state index in [1.807, 2.05) is 68.4 Å². The molecule has 0 aliphatic rings. The normalized spacial score (nSPS) is 13.0. The van der Waals surface area contributed by atoms with E-state index in [2.05, 4.69) is 5.32 Å². The summed E-state index contributed by atoms with van der Waals surface area (Å²) in [5.41, 5.74) is 3.27. The highest BCUT2D eigenvalue weighted by molar-refractivity contribution is 5.77. The maximum atomic E-state index is 12.5. The summed E-state index contributed by atoms with van der Waals surface area (Å²) in [5, 5.41) is 12.0. The molecule has 4 heteroatoms. The fraction of sp³-hybridized carbons (Fsp3) is 0.333. The molecular weight excluding hydrogens is 314 g/mol. The van der Waals surface area contributed by atoms with Gasteiger partial charge in [0.25, 0.3) is 0 Å². The summed E-state index contributed by atoms with van der Waals surface area (Å²) in [4.78, 5) is 23.4. The molecule has 132 valence electrons. The number of carboxylic acid groups (broad SMARTS) is 1. The molecule has 2 aromatic carbocycles. The topological polar surface area (TPSA) is 66.4 Å². The van der Waals surface area contributed by atoms with Crippen LogP contribution in [-0.2, 0) is 9.59 Å². The van der Waals surface area contributed by atoms with Gasteiger partial charge in [0.1, 0.15) is 0 Å². The Balaban J connectivity index is 2.03. The van der Waals surface area contributed by atoms with Gasteiger partial charge in [-0.05, 0) is 36.0 Å². The first-order chi connectivity index (χ1) is 12.0. The third-order valence-corrected chi connectivity index (χ3v) is 4.39. The monoisotopic (exact) mass is 339 g/mol. The summed E-state index contributed by atoms with van der Waals surface area (Å²) in [6.07, 6.45) is 0.776. The Labute approximate surface area is 148 Å². The minimum atomic E-state index is -0.858. The van der Waals surface area contributed by atoms with E-state index in [1.54, 1.807) is 0 Å². The molecule has 0 spiro atoms. The lowest BCUT2D eigenvalue weighted by Gasteiger charge is -2.20. The number of carbonyl (C=O) groups is 2. The number of aliphatic carboxylic acids is 1. The molecule has 0 aliphatic carbocycles. The first-order valence-electron chi connectivity index (χ1n) is 8.59. The molecule has 2 rings (SSSR count). The van der Waals surface area contributed by atoms with E-state index in [0.717, 1.165) is 5.56 Å². The second-order valence-corrected chi connectivity index (χ2v) is 6.42. The molecule has 0 aromatic heterocycles. The summed E-state index contributed by atoms with van der Waals surface area (Å²) in [5.74, 6) is -0.810. The van der Waals surface area contributed by atoms with Crippen molar-refractivity contribution in [2.75, 3.05) is 0 Å². The van der Waals surface area contributed by atoms with Gasteiger partial charge in [0.05, 0.1) is 6.04 Å². The maximum Gasteiger partial charge on any atom is 0.303 e. The number of amides is 1. The predicted octanol–water partition coefficient (Wildman–Crippen LogP) is 4.21. The third-order valence-electron chi connectivity index (χ3n) is 4.39. The molecule has 4 nitrogen and oxygen atoms in total. The molecule has 2 aromatic rings. The Hall–Kier alpha value is -2.62. The average Bonchev–Trinajstić information content (AvgIpc) is 2.59. The number of carbonyl (C=O) groups excluding carboxylic acids is 1. The zero-order chi connectivity index (χ0) is 18.2. The van der Waals surface area contributed by atoms with E-state index < -0.39 is 5.97 Å². The van der Waals surface area contributed by atoms with Crippen molar-refractivity contribution in [3.05, 3.63) is 71.3 Å². The third kappa shape index (κ3) is 5.75. The first-order valence-corrected chi connectivity index (χ1v) is 8.59. The number of aryl methyl sites for hydroxylation is 1. The SMILES string of the molecule is Cc1ccccc1C(C)CC(=O)NC(CCC(=O)O)c1ccccc1. The molecule has 1 amide bonds. The fourth-order valence-electron chi connectivity index (χ4n) is 3.06. The van der Waals surface area contributed by atoms with Gasteiger partial charge in [-0.2, -0.15) is 0 Å². The number of hydrogen-bond acceptors (Lipinski definition) is 2. The molecule has 0 aliphatic heterocycles. The van der Waals surface area contributed by atoms with Gasteiger partial charge < -0.3 is 10.4 Å². The lowest BCUT2D eigenvalue weighted by atomic mass is 9.93. The summed E-state index contributed by atoms with van der Waals surface area (Å²) >= 11 is 0. The lowest BCUT2D eigenvalue weighted by molar-refractivity contribution is -0.137. The molecule has 0 bridgehead atoms. The van der Waals surface area contributed by atoms with Gasteiger partial charge in [-0.25, -0.2) is 0 Å². The van der Waals surface area contributed by atoms with Crippen LogP contribution in [0.4, 0.5) is 0 Å². The lowest BCUT2D eigenvalue weighted by Crippen LogP contribution is -2.30. The van der Waals surface area contributed by atoms with Crippen LogP contribution in [0.2, 0.25) is 0 Å². The quantitative estimate of drug-likeness (QED) is 0.757. The first kappa shape index (κ1) is 18.7. The zero-order valence-corrected chi connectivity index (χ0v) is 14.7. The molecule has 2 atom stereocenters. The Morgan fingerprint density at radius 1 is 1.04 bits per heavy atom. The van der Waals surface area contributed by atoms with Crippen molar-refractivity contribution in [2.45, 2.75) is 45.1 Å². The minimum Gasteiger partial charge on any atom is -0.481 e. The highest BCUT2D eigenvalue weighted by Crippen LogP contribution is 2.24. The molecular formula is C21H25NO3. The Kier molecular flexibility index (Phi) is 6.75. The van der Waals surface area contributed by atoms with Crippen LogP contribution in [0.15, 0.2) is 54.6 Å². The van der Waals surface area contributed by atoms with Crippen molar-refractivity contribution in [1.82, 2.24) is 5.32 Å². The predicted molar refractivity (Wildman–Crippen MR) is 98.4 cm³/mol. The summed E-state index contributed by atoms with van der Waals surface area (Å²) < 4.78 is 0. The fourth-order valence-corrected chi connectivity index (χ4v) is 3.06. The second-order valence-electron chi connectivity index (χ2n) is 6.42. The minimum absolute atomic E-state index is 0.0210. The van der Waals surface area contributed by atoms with Crippen molar-refractivity contribution in [1.29, 1.82) is 0 Å². The van der Waals surface area contributed by atoms with Crippen LogP contribution in [0.5, 0.6) is 0 Å². The van der Waals surface area contributed by atoms with E-state index in [4.69, 9.17) is 5.11 Å². The van der Waals surface area contributed by atoms with Crippen molar-refractivity contribution in [3.63, 3.8) is 0 Å². The zero-order valence-electron chi connectivity index (χ0n) is 14.7. The van der Waals surface area contributed by atoms with E-state index in [9.17, 15) is 9.59 Å². The molecule has 0 heterocycles. The van der Waals surface area contributed by atoms with Gasteiger partial charge in [-0.1, -0.05) is 61.5 Å². The Morgan fingerprint density at radius 3 is 2.32 bits per heavy atom. The van der Waals surface area contributed by atoms with E-state index in [-0.39, 0.29) is 24.3 Å². The van der Waals surface area contributed by atoms with Crippen LogP contribution in [0.1, 0.15) is 54.8 Å².